The number of hydrogen-bond donors (Lipinski definition) is 1. The molecule has 0 radical (unpaired) electrons. The van der Waals surface area contributed by atoms with E-state index in [1.165, 1.54) is 12.1 Å². The van der Waals surface area contributed by atoms with Crippen molar-refractivity contribution in [1.29, 1.82) is 0 Å². The summed E-state index contributed by atoms with van der Waals surface area (Å²) >= 11 is 0. The Morgan fingerprint density at radius 2 is 1.70 bits per heavy atom. The Morgan fingerprint density at radius 1 is 1.00 bits per heavy atom. The molecule has 0 saturated heterocycles. The third kappa shape index (κ3) is 2.49. The second kappa shape index (κ2) is 5.09. The molecule has 1 N–H and O–H groups in total. The summed E-state index contributed by atoms with van der Waals surface area (Å²) in [5, 5.41) is 2.72. The third-order valence-electron chi connectivity index (χ3n) is 2.92. The number of amides is 1. The number of nitrogens with one attached hydrogen (secondary N) is 1. The van der Waals surface area contributed by atoms with Crippen molar-refractivity contribution in [2.24, 2.45) is 4.99 Å². The number of carbonyl (C=O) groups is 1. The molecule has 1 heterocycles. The molecule has 1 aliphatic heterocycles. The summed E-state index contributed by atoms with van der Waals surface area (Å²) in [5.74, 6) is -0.0337. The van der Waals surface area contributed by atoms with Crippen LogP contribution in [-0.2, 0) is 4.79 Å². The zero-order chi connectivity index (χ0) is 13.9. The zero-order valence-corrected chi connectivity index (χ0v) is 10.5. The van der Waals surface area contributed by atoms with Crippen LogP contribution >= 0.6 is 0 Å². The van der Waals surface area contributed by atoms with Crippen LogP contribution in [0.4, 0.5) is 4.39 Å². The van der Waals surface area contributed by atoms with Crippen molar-refractivity contribution >= 4 is 17.8 Å². The van der Waals surface area contributed by atoms with E-state index in [4.69, 9.17) is 0 Å². The Hall–Kier alpha value is -2.75. The molecule has 3 nitrogen and oxygen atoms in total. The molecule has 2 aromatic rings. The van der Waals surface area contributed by atoms with Crippen molar-refractivity contribution in [2.75, 3.05) is 0 Å². The highest BCUT2D eigenvalue weighted by Gasteiger charge is 2.20. The topological polar surface area (TPSA) is 41.5 Å². The molecule has 1 aliphatic rings. The first-order valence-electron chi connectivity index (χ1n) is 6.15. The summed E-state index contributed by atoms with van der Waals surface area (Å²) in [4.78, 5) is 16.1. The van der Waals surface area contributed by atoms with E-state index in [0.29, 0.717) is 11.5 Å². The highest BCUT2D eigenvalue weighted by Crippen LogP contribution is 2.15. The fourth-order valence-electron chi connectivity index (χ4n) is 1.92. The van der Waals surface area contributed by atoms with Gasteiger partial charge in [0.15, 0.2) is 0 Å². The minimum Gasteiger partial charge on any atom is -0.305 e. The largest absolute Gasteiger partial charge is 0.305 e. The molecule has 4 heteroatoms. The lowest BCUT2D eigenvalue weighted by atomic mass is 10.2. The number of aliphatic imine (C=N–C) groups is 1. The summed E-state index contributed by atoms with van der Waals surface area (Å²) in [6, 6.07) is 15.3. The highest BCUT2D eigenvalue weighted by atomic mass is 19.1. The first kappa shape index (κ1) is 12.3. The Kier molecular flexibility index (Phi) is 3.13. The van der Waals surface area contributed by atoms with E-state index in [1.54, 1.807) is 18.2 Å². The molecule has 3 rings (SSSR count). The Balaban J connectivity index is 1.92. The SMILES string of the molecule is O=C1NC(c2ccccc2)=N/C1=C\c1ccc(F)cc1. The molecule has 0 fully saturated rings. The first-order chi connectivity index (χ1) is 9.72. The van der Waals surface area contributed by atoms with Crippen LogP contribution in [0.15, 0.2) is 65.3 Å². The number of hydrogen-bond acceptors (Lipinski definition) is 2. The predicted molar refractivity (Wildman–Crippen MR) is 75.5 cm³/mol. The molecule has 0 aliphatic carbocycles. The fraction of sp³-hybridized carbons (Fsp3) is 0. The number of halogens is 1. The second-order valence-corrected chi connectivity index (χ2v) is 4.36. The van der Waals surface area contributed by atoms with Crippen molar-refractivity contribution in [3.63, 3.8) is 0 Å². The van der Waals surface area contributed by atoms with Gasteiger partial charge in [0.05, 0.1) is 0 Å². The van der Waals surface area contributed by atoms with Crippen LogP contribution in [0, 0.1) is 5.82 Å². The molecule has 1 amide bonds. The normalized spacial score (nSPS) is 16.1. The van der Waals surface area contributed by atoms with Gasteiger partial charge in [-0.3, -0.25) is 4.79 Å². The Bertz CT molecular complexity index is 703. The van der Waals surface area contributed by atoms with Gasteiger partial charge in [-0.15, -0.1) is 0 Å². The molecule has 0 atom stereocenters. The van der Waals surface area contributed by atoms with Crippen LogP contribution in [0.25, 0.3) is 6.08 Å². The van der Waals surface area contributed by atoms with E-state index >= 15 is 0 Å². The first-order valence-corrected chi connectivity index (χ1v) is 6.15. The summed E-state index contributed by atoms with van der Waals surface area (Å²) < 4.78 is 12.8. The minimum absolute atomic E-state index is 0.256. The second-order valence-electron chi connectivity index (χ2n) is 4.36. The van der Waals surface area contributed by atoms with Crippen molar-refractivity contribution in [1.82, 2.24) is 5.32 Å². The van der Waals surface area contributed by atoms with Gasteiger partial charge in [-0.2, -0.15) is 0 Å². The Labute approximate surface area is 115 Å². The van der Waals surface area contributed by atoms with Gasteiger partial charge in [0.2, 0.25) is 0 Å². The summed E-state index contributed by atoms with van der Waals surface area (Å²) in [7, 11) is 0. The molecule has 0 saturated carbocycles. The molecule has 0 spiro atoms. The van der Waals surface area contributed by atoms with Crippen molar-refractivity contribution in [2.45, 2.75) is 0 Å². The standard InChI is InChI=1S/C16H11FN2O/c17-13-8-6-11(7-9-13)10-14-16(20)19-15(18-14)12-4-2-1-3-5-12/h1-10H,(H,18,19,20)/b14-10-. The quantitative estimate of drug-likeness (QED) is 0.834. The number of benzene rings is 2. The van der Waals surface area contributed by atoms with Crippen LogP contribution in [-0.4, -0.2) is 11.7 Å². The molecule has 20 heavy (non-hydrogen) atoms. The lowest BCUT2D eigenvalue weighted by molar-refractivity contribution is -0.115. The van der Waals surface area contributed by atoms with Crippen molar-refractivity contribution < 1.29 is 9.18 Å². The maximum atomic E-state index is 12.8. The maximum absolute atomic E-state index is 12.8. The van der Waals surface area contributed by atoms with Crippen molar-refractivity contribution in [3.8, 4) is 0 Å². The lowest BCUT2D eigenvalue weighted by Gasteiger charge is -1.98. The molecule has 0 bridgehead atoms. The number of carbonyl (C=O) groups excluding carboxylic acids is 1. The number of amidine groups is 1. The lowest BCUT2D eigenvalue weighted by Crippen LogP contribution is -2.24. The third-order valence-corrected chi connectivity index (χ3v) is 2.92. The van der Waals surface area contributed by atoms with Crippen molar-refractivity contribution in [3.05, 3.63) is 77.2 Å². The van der Waals surface area contributed by atoms with E-state index in [1.807, 2.05) is 30.3 Å². The van der Waals surface area contributed by atoms with Gasteiger partial charge >= 0.3 is 0 Å². The minimum atomic E-state index is -0.309. The van der Waals surface area contributed by atoms with Gasteiger partial charge in [-0.1, -0.05) is 42.5 Å². The van der Waals surface area contributed by atoms with E-state index in [0.717, 1.165) is 11.1 Å². The average molecular weight is 266 g/mol. The summed E-state index contributed by atoms with van der Waals surface area (Å²) in [6.07, 6.45) is 1.63. The number of nitrogens with zero attached hydrogens (tertiary/aromatic N) is 1. The highest BCUT2D eigenvalue weighted by molar-refractivity contribution is 6.19. The van der Waals surface area contributed by atoms with E-state index in [2.05, 4.69) is 10.3 Å². The maximum Gasteiger partial charge on any atom is 0.275 e. The number of rotatable bonds is 2. The molecular formula is C16H11FN2O. The van der Waals surface area contributed by atoms with Gasteiger partial charge < -0.3 is 5.32 Å². The van der Waals surface area contributed by atoms with Gasteiger partial charge in [-0.05, 0) is 23.8 Å². The zero-order valence-electron chi connectivity index (χ0n) is 10.5. The fourth-order valence-corrected chi connectivity index (χ4v) is 1.92. The molecule has 0 aromatic heterocycles. The Morgan fingerprint density at radius 3 is 2.40 bits per heavy atom. The van der Waals surface area contributed by atoms with Gasteiger partial charge in [0, 0.05) is 5.56 Å². The van der Waals surface area contributed by atoms with Crippen LogP contribution in [0.5, 0.6) is 0 Å². The predicted octanol–water partition coefficient (Wildman–Crippen LogP) is 2.74. The van der Waals surface area contributed by atoms with Crippen LogP contribution in [0.2, 0.25) is 0 Å². The smallest absolute Gasteiger partial charge is 0.275 e. The van der Waals surface area contributed by atoms with E-state index < -0.39 is 0 Å². The van der Waals surface area contributed by atoms with Crippen LogP contribution < -0.4 is 5.32 Å². The molecule has 2 aromatic carbocycles. The molecular weight excluding hydrogens is 255 g/mol. The van der Waals surface area contributed by atoms with E-state index in [-0.39, 0.29) is 11.7 Å². The van der Waals surface area contributed by atoms with Crippen LogP contribution in [0.3, 0.4) is 0 Å². The van der Waals surface area contributed by atoms with Gasteiger partial charge in [-0.25, -0.2) is 9.38 Å². The molecule has 0 unspecified atom stereocenters. The molecule has 98 valence electrons. The summed E-state index contributed by atoms with van der Waals surface area (Å²) in [6.45, 7) is 0. The van der Waals surface area contributed by atoms with E-state index in [9.17, 15) is 9.18 Å². The summed E-state index contributed by atoms with van der Waals surface area (Å²) in [5.41, 5.74) is 1.90. The van der Waals surface area contributed by atoms with Gasteiger partial charge in [0.25, 0.3) is 5.91 Å². The average Bonchev–Trinajstić information content (AvgIpc) is 2.84. The monoisotopic (exact) mass is 266 g/mol. The van der Waals surface area contributed by atoms with Gasteiger partial charge in [0.1, 0.15) is 17.3 Å². The van der Waals surface area contributed by atoms with Crippen LogP contribution in [0.1, 0.15) is 11.1 Å².